The highest BCUT2D eigenvalue weighted by atomic mass is 16.5. The first-order chi connectivity index (χ1) is 6.56. The van der Waals surface area contributed by atoms with Gasteiger partial charge in [0, 0.05) is 32.0 Å². The largest absolute Gasteiger partial charge is 0.550 e. The van der Waals surface area contributed by atoms with E-state index in [2.05, 4.69) is 0 Å². The summed E-state index contributed by atoms with van der Waals surface area (Å²) < 4.78 is 4.90. The van der Waals surface area contributed by atoms with Crippen molar-refractivity contribution in [3.8, 4) is 0 Å². The fraction of sp³-hybridized carbons (Fsp3) is 0.778. The second-order valence-corrected chi connectivity index (χ2v) is 3.57. The zero-order chi connectivity index (χ0) is 10.7. The van der Waals surface area contributed by atoms with E-state index in [1.165, 1.54) is 4.90 Å². The summed E-state index contributed by atoms with van der Waals surface area (Å²) in [7, 11) is 1.55. The molecule has 1 fully saturated rings. The number of hydrogen-bond donors (Lipinski definition) is 0. The Kier molecular flexibility index (Phi) is 3.46. The van der Waals surface area contributed by atoms with Crippen molar-refractivity contribution in [3.63, 3.8) is 0 Å². The Labute approximate surface area is 82.6 Å². The molecule has 1 amide bonds. The smallest absolute Gasteiger partial charge is 0.223 e. The molecule has 5 nitrogen and oxygen atoms in total. The van der Waals surface area contributed by atoms with Gasteiger partial charge in [0.05, 0.1) is 12.6 Å². The van der Waals surface area contributed by atoms with Crippen LogP contribution in [0.4, 0.5) is 0 Å². The second-order valence-electron chi connectivity index (χ2n) is 3.57. The third-order valence-corrected chi connectivity index (χ3v) is 2.43. The van der Waals surface area contributed by atoms with Crippen LogP contribution >= 0.6 is 0 Å². The maximum atomic E-state index is 11.4. The lowest BCUT2D eigenvalue weighted by Gasteiger charge is -2.24. The van der Waals surface area contributed by atoms with Crippen molar-refractivity contribution in [3.05, 3.63) is 0 Å². The lowest BCUT2D eigenvalue weighted by Crippen LogP contribution is -2.39. The van der Waals surface area contributed by atoms with Crippen LogP contribution < -0.4 is 5.11 Å². The van der Waals surface area contributed by atoms with E-state index in [9.17, 15) is 14.7 Å². The molecular weight excluding hydrogens is 186 g/mol. The average molecular weight is 200 g/mol. The minimum atomic E-state index is -1.15. The number of methoxy groups -OCH3 is 1. The van der Waals surface area contributed by atoms with E-state index in [0.29, 0.717) is 6.61 Å². The van der Waals surface area contributed by atoms with Crippen LogP contribution in [0.15, 0.2) is 0 Å². The molecule has 1 heterocycles. The molecule has 0 aromatic carbocycles. The van der Waals surface area contributed by atoms with Gasteiger partial charge in [0.15, 0.2) is 0 Å². The molecule has 0 bridgehead atoms. The number of aliphatic carboxylic acids is 1. The number of carboxylic acids is 1. The lowest BCUT2D eigenvalue weighted by atomic mass is 10.1. The highest BCUT2D eigenvalue weighted by Crippen LogP contribution is 2.19. The van der Waals surface area contributed by atoms with Crippen molar-refractivity contribution < 1.29 is 19.4 Å². The van der Waals surface area contributed by atoms with E-state index in [1.54, 1.807) is 7.11 Å². The Morgan fingerprint density at radius 2 is 2.43 bits per heavy atom. The van der Waals surface area contributed by atoms with E-state index in [4.69, 9.17) is 4.74 Å². The molecule has 1 aliphatic heterocycles. The number of nitrogens with zero attached hydrogens (tertiary/aromatic N) is 1. The Morgan fingerprint density at radius 3 is 2.86 bits per heavy atom. The van der Waals surface area contributed by atoms with Crippen molar-refractivity contribution in [1.29, 1.82) is 0 Å². The van der Waals surface area contributed by atoms with Crippen LogP contribution in [-0.2, 0) is 14.3 Å². The Bertz CT molecular complexity index is 241. The first-order valence-corrected chi connectivity index (χ1v) is 4.55. The number of carbonyl (C=O) groups is 2. The van der Waals surface area contributed by atoms with Gasteiger partial charge in [-0.2, -0.15) is 0 Å². The molecule has 0 aromatic rings. The number of hydrogen-bond acceptors (Lipinski definition) is 4. The van der Waals surface area contributed by atoms with Crippen molar-refractivity contribution >= 4 is 11.9 Å². The quantitative estimate of drug-likeness (QED) is 0.561. The molecule has 0 spiro atoms. The molecule has 80 valence electrons. The number of likely N-dealkylation sites (tertiary alicyclic amines) is 1. The van der Waals surface area contributed by atoms with Gasteiger partial charge in [-0.05, 0) is 6.92 Å². The van der Waals surface area contributed by atoms with Gasteiger partial charge in [-0.15, -0.1) is 0 Å². The molecule has 1 aliphatic rings. The van der Waals surface area contributed by atoms with Gasteiger partial charge >= 0.3 is 0 Å². The maximum Gasteiger partial charge on any atom is 0.223 e. The summed E-state index contributed by atoms with van der Waals surface area (Å²) in [4.78, 5) is 23.5. The van der Waals surface area contributed by atoms with Crippen LogP contribution in [0.5, 0.6) is 0 Å². The van der Waals surface area contributed by atoms with Crippen LogP contribution in [0, 0.1) is 5.92 Å². The van der Waals surface area contributed by atoms with Crippen molar-refractivity contribution in [2.24, 2.45) is 5.92 Å². The van der Waals surface area contributed by atoms with Gasteiger partial charge in [-0.1, -0.05) is 0 Å². The fourth-order valence-corrected chi connectivity index (χ4v) is 1.65. The van der Waals surface area contributed by atoms with Crippen LogP contribution in [0.1, 0.15) is 13.3 Å². The molecule has 0 N–H and O–H groups in total. The van der Waals surface area contributed by atoms with Gasteiger partial charge < -0.3 is 19.5 Å². The van der Waals surface area contributed by atoms with Gasteiger partial charge in [-0.3, -0.25) is 4.79 Å². The SMILES string of the molecule is COC[C@H](C)N1C[C@@H](C(=O)[O-])CC1=O. The van der Waals surface area contributed by atoms with Crippen LogP contribution in [0.3, 0.4) is 0 Å². The van der Waals surface area contributed by atoms with Gasteiger partial charge in [0.25, 0.3) is 0 Å². The summed E-state index contributed by atoms with van der Waals surface area (Å²) in [5, 5.41) is 10.6. The molecule has 0 saturated carbocycles. The fourth-order valence-electron chi connectivity index (χ4n) is 1.65. The molecule has 2 atom stereocenters. The van der Waals surface area contributed by atoms with Gasteiger partial charge in [-0.25, -0.2) is 0 Å². The predicted molar refractivity (Wildman–Crippen MR) is 46.2 cm³/mol. The van der Waals surface area contributed by atoms with Crippen LogP contribution in [0.2, 0.25) is 0 Å². The number of ether oxygens (including phenoxy) is 1. The monoisotopic (exact) mass is 200 g/mol. The zero-order valence-electron chi connectivity index (χ0n) is 8.36. The number of rotatable bonds is 4. The topological polar surface area (TPSA) is 69.7 Å². The third-order valence-electron chi connectivity index (χ3n) is 2.43. The molecule has 5 heteroatoms. The van der Waals surface area contributed by atoms with Crippen molar-refractivity contribution in [1.82, 2.24) is 4.90 Å². The number of carboxylic acid groups (broad SMARTS) is 1. The number of amides is 1. The van der Waals surface area contributed by atoms with Crippen LogP contribution in [0.25, 0.3) is 0 Å². The van der Waals surface area contributed by atoms with E-state index in [1.807, 2.05) is 6.92 Å². The molecule has 0 aromatic heterocycles. The van der Waals surface area contributed by atoms with E-state index >= 15 is 0 Å². The molecule has 1 rings (SSSR count). The number of carbonyl (C=O) groups excluding carboxylic acids is 2. The molecule has 1 saturated heterocycles. The molecule has 0 unspecified atom stereocenters. The summed E-state index contributed by atoms with van der Waals surface area (Å²) >= 11 is 0. The van der Waals surface area contributed by atoms with Gasteiger partial charge in [0.1, 0.15) is 0 Å². The first kappa shape index (κ1) is 11.0. The van der Waals surface area contributed by atoms with E-state index in [0.717, 1.165) is 0 Å². The van der Waals surface area contributed by atoms with Crippen LogP contribution in [-0.4, -0.2) is 43.1 Å². The average Bonchev–Trinajstić information content (AvgIpc) is 2.48. The minimum Gasteiger partial charge on any atom is -0.550 e. The standard InChI is InChI=1S/C9H15NO4/c1-6(5-14-2)10-4-7(9(12)13)3-8(10)11/h6-7H,3-5H2,1-2H3,(H,12,13)/p-1/t6-,7-/m0/s1. The summed E-state index contributed by atoms with van der Waals surface area (Å²) in [5.41, 5.74) is 0. The Balaban J connectivity index is 2.56. The van der Waals surface area contributed by atoms with E-state index < -0.39 is 11.9 Å². The second kappa shape index (κ2) is 4.41. The molecule has 0 radical (unpaired) electrons. The molecular formula is C9H14NO4-. The summed E-state index contributed by atoms with van der Waals surface area (Å²) in [6.07, 6.45) is 0.0520. The maximum absolute atomic E-state index is 11.4. The Hall–Kier alpha value is -1.10. The van der Waals surface area contributed by atoms with Crippen molar-refractivity contribution in [2.45, 2.75) is 19.4 Å². The highest BCUT2D eigenvalue weighted by molar-refractivity contribution is 5.85. The first-order valence-electron chi connectivity index (χ1n) is 4.55. The zero-order valence-corrected chi connectivity index (χ0v) is 8.36. The summed E-state index contributed by atoms with van der Waals surface area (Å²) in [5.74, 6) is -1.95. The van der Waals surface area contributed by atoms with Crippen molar-refractivity contribution in [2.75, 3.05) is 20.3 Å². The van der Waals surface area contributed by atoms with E-state index in [-0.39, 0.29) is 24.9 Å². The van der Waals surface area contributed by atoms with Gasteiger partial charge in [0.2, 0.25) is 5.91 Å². The summed E-state index contributed by atoms with van der Waals surface area (Å²) in [6, 6.07) is -0.0724. The third kappa shape index (κ3) is 2.23. The Morgan fingerprint density at radius 1 is 1.79 bits per heavy atom. The summed E-state index contributed by atoms with van der Waals surface area (Å²) in [6.45, 7) is 2.50. The molecule has 0 aliphatic carbocycles. The minimum absolute atomic E-state index is 0.0520. The molecule has 14 heavy (non-hydrogen) atoms. The lowest BCUT2D eigenvalue weighted by molar-refractivity contribution is -0.311. The predicted octanol–water partition coefficient (Wildman–Crippen LogP) is -1.38. The normalized spacial score (nSPS) is 24.0. The highest BCUT2D eigenvalue weighted by Gasteiger charge is 2.32.